The second kappa shape index (κ2) is 3.83. The fourth-order valence-electron chi connectivity index (χ4n) is 0. The molecule has 46 valence electrons. The second-order valence-electron chi connectivity index (χ2n) is 1.73. The molecule has 0 aromatic heterocycles. The Morgan fingerprint density at radius 2 is 1.57 bits per heavy atom. The minimum absolute atomic E-state index is 0. The molecule has 0 aromatic carbocycles. The van der Waals surface area contributed by atoms with Crippen molar-refractivity contribution >= 4 is 9.93 Å². The van der Waals surface area contributed by atoms with Crippen molar-refractivity contribution in [2.45, 2.75) is 6.92 Å². The third-order valence-electron chi connectivity index (χ3n) is 0.695. The van der Waals surface area contributed by atoms with Crippen molar-refractivity contribution in [3.8, 4) is 0 Å². The van der Waals surface area contributed by atoms with E-state index in [1.807, 2.05) is 6.92 Å². The molecule has 0 fully saturated rings. The number of hydrogen-bond donors (Lipinski definition) is 0. The predicted molar refractivity (Wildman–Crippen MR) is 30.4 cm³/mol. The van der Waals surface area contributed by atoms with Gasteiger partial charge in [0, 0.05) is 0 Å². The van der Waals surface area contributed by atoms with Crippen molar-refractivity contribution in [3.05, 3.63) is 0 Å². The molecular formula is C4H11IOS. The van der Waals surface area contributed by atoms with Gasteiger partial charge in [0.2, 0.25) is 0 Å². The standard InChI is InChI=1S/C4H11OS.HI/c1-4-6(2,3)5;/h4H2,1-3H3;1H/q+1;/p-1. The maximum Gasteiger partial charge on any atom is 0.108 e. The third-order valence-corrected chi connectivity index (χ3v) is 2.09. The zero-order valence-electron chi connectivity index (χ0n) is 4.90. The second-order valence-corrected chi connectivity index (χ2v) is 5.18. The van der Waals surface area contributed by atoms with E-state index < -0.39 is 9.93 Å². The molecule has 0 aromatic rings. The average Bonchev–Trinajstić information content (AvgIpc) is 1.35. The van der Waals surface area contributed by atoms with Crippen molar-refractivity contribution in [2.75, 3.05) is 18.3 Å². The minimum Gasteiger partial charge on any atom is -1.00 e. The van der Waals surface area contributed by atoms with Gasteiger partial charge in [-0.2, -0.15) is 0 Å². The molecule has 3 heteroatoms. The molecule has 0 heterocycles. The van der Waals surface area contributed by atoms with Gasteiger partial charge in [-0.05, 0) is 6.92 Å². The van der Waals surface area contributed by atoms with Crippen molar-refractivity contribution in [1.29, 1.82) is 0 Å². The maximum atomic E-state index is 10.6. The van der Waals surface area contributed by atoms with Crippen LogP contribution in [0.2, 0.25) is 0 Å². The van der Waals surface area contributed by atoms with Crippen LogP contribution in [0.3, 0.4) is 0 Å². The summed E-state index contributed by atoms with van der Waals surface area (Å²) in [6.07, 6.45) is 3.54. The molecule has 0 atom stereocenters. The minimum atomic E-state index is -1.41. The Labute approximate surface area is 63.3 Å². The van der Waals surface area contributed by atoms with Gasteiger partial charge in [0.05, 0.1) is 9.93 Å². The third kappa shape index (κ3) is 10.9. The molecule has 0 unspecified atom stereocenters. The highest BCUT2D eigenvalue weighted by atomic mass is 127. The molecule has 0 bridgehead atoms. The first-order chi connectivity index (χ1) is 2.56. The first kappa shape index (κ1) is 10.8. The van der Waals surface area contributed by atoms with Gasteiger partial charge in [0.1, 0.15) is 18.3 Å². The van der Waals surface area contributed by atoms with Crippen molar-refractivity contribution in [2.24, 2.45) is 0 Å². The van der Waals surface area contributed by atoms with E-state index in [1.54, 1.807) is 12.5 Å². The molecule has 0 rings (SSSR count). The van der Waals surface area contributed by atoms with E-state index in [0.717, 1.165) is 5.75 Å². The summed E-state index contributed by atoms with van der Waals surface area (Å²) in [5, 5.41) is 0. The van der Waals surface area contributed by atoms with Gasteiger partial charge in [-0.3, -0.25) is 0 Å². The van der Waals surface area contributed by atoms with Crippen molar-refractivity contribution < 1.29 is 28.2 Å². The Morgan fingerprint density at radius 3 is 1.57 bits per heavy atom. The largest absolute Gasteiger partial charge is 1.00 e. The highest BCUT2D eigenvalue weighted by Gasteiger charge is 2.04. The van der Waals surface area contributed by atoms with E-state index in [-0.39, 0.29) is 24.0 Å². The van der Waals surface area contributed by atoms with Crippen LogP contribution in [-0.2, 0) is 14.1 Å². The molecule has 0 spiro atoms. The van der Waals surface area contributed by atoms with Gasteiger partial charge in [0.25, 0.3) is 0 Å². The molecule has 0 radical (unpaired) electrons. The van der Waals surface area contributed by atoms with Gasteiger partial charge >= 0.3 is 0 Å². The van der Waals surface area contributed by atoms with E-state index in [9.17, 15) is 4.21 Å². The fraction of sp³-hybridized carbons (Fsp3) is 1.00. The van der Waals surface area contributed by atoms with E-state index in [2.05, 4.69) is 0 Å². The average molecular weight is 234 g/mol. The highest BCUT2D eigenvalue weighted by molar-refractivity contribution is 8.01. The van der Waals surface area contributed by atoms with Crippen LogP contribution in [0.15, 0.2) is 0 Å². The lowest BCUT2D eigenvalue weighted by Gasteiger charge is -1.89. The molecule has 0 aliphatic heterocycles. The topological polar surface area (TPSA) is 17.1 Å². The van der Waals surface area contributed by atoms with Crippen LogP contribution in [-0.4, -0.2) is 18.3 Å². The van der Waals surface area contributed by atoms with Gasteiger partial charge in [-0.15, -0.1) is 4.21 Å². The summed E-state index contributed by atoms with van der Waals surface area (Å²) in [6.45, 7) is 1.93. The van der Waals surface area contributed by atoms with Crippen molar-refractivity contribution in [1.82, 2.24) is 0 Å². The Morgan fingerprint density at radius 1 is 1.43 bits per heavy atom. The number of hydrogen-bond acceptors (Lipinski definition) is 1. The molecule has 0 saturated carbocycles. The summed E-state index contributed by atoms with van der Waals surface area (Å²) in [6, 6.07) is 0. The van der Waals surface area contributed by atoms with Crippen LogP contribution < -0.4 is 24.0 Å². The molecule has 0 N–H and O–H groups in total. The molecular weight excluding hydrogens is 223 g/mol. The molecule has 7 heavy (non-hydrogen) atoms. The van der Waals surface area contributed by atoms with E-state index in [0.29, 0.717) is 0 Å². The molecule has 1 nitrogen and oxygen atoms in total. The predicted octanol–water partition coefficient (Wildman–Crippen LogP) is -2.23. The van der Waals surface area contributed by atoms with E-state index in [1.165, 1.54) is 0 Å². The number of halogens is 1. The summed E-state index contributed by atoms with van der Waals surface area (Å²) in [4.78, 5) is 0. The van der Waals surface area contributed by atoms with Crippen LogP contribution in [0, 0.1) is 0 Å². The van der Waals surface area contributed by atoms with Gasteiger partial charge < -0.3 is 24.0 Å². The van der Waals surface area contributed by atoms with E-state index >= 15 is 0 Å². The van der Waals surface area contributed by atoms with Crippen LogP contribution in [0.5, 0.6) is 0 Å². The fourth-order valence-corrected chi connectivity index (χ4v) is 0. The normalized spacial score (nSPS) is 10.1. The lowest BCUT2D eigenvalue weighted by atomic mass is 11.0. The SMILES string of the molecule is CC[S+](C)(C)=O.[I-]. The Bertz CT molecular complexity index is 75.8. The van der Waals surface area contributed by atoms with Crippen molar-refractivity contribution in [3.63, 3.8) is 0 Å². The van der Waals surface area contributed by atoms with Gasteiger partial charge in [-0.1, -0.05) is 0 Å². The Hall–Kier alpha value is 0.880. The van der Waals surface area contributed by atoms with E-state index in [4.69, 9.17) is 0 Å². The monoisotopic (exact) mass is 234 g/mol. The lowest BCUT2D eigenvalue weighted by Crippen LogP contribution is -3.00. The zero-order valence-corrected chi connectivity index (χ0v) is 7.88. The summed E-state index contributed by atoms with van der Waals surface area (Å²) < 4.78 is 10.6. The summed E-state index contributed by atoms with van der Waals surface area (Å²) in [5.41, 5.74) is 0. The molecule has 0 saturated heterocycles. The zero-order chi connectivity index (χ0) is 5.21. The lowest BCUT2D eigenvalue weighted by molar-refractivity contribution is -0.00000292. The van der Waals surface area contributed by atoms with Gasteiger partial charge in [-0.25, -0.2) is 0 Å². The van der Waals surface area contributed by atoms with Gasteiger partial charge in [0.15, 0.2) is 0 Å². The first-order valence-electron chi connectivity index (χ1n) is 1.98. The van der Waals surface area contributed by atoms with Crippen LogP contribution >= 0.6 is 0 Å². The smallest absolute Gasteiger partial charge is 0.108 e. The molecule has 0 aliphatic carbocycles. The maximum absolute atomic E-state index is 10.6. The van der Waals surface area contributed by atoms with Crippen LogP contribution in [0.4, 0.5) is 0 Å². The van der Waals surface area contributed by atoms with Crippen LogP contribution in [0.25, 0.3) is 0 Å². The Balaban J connectivity index is 0. The molecule has 0 amide bonds. The molecule has 0 aliphatic rings. The summed E-state index contributed by atoms with van der Waals surface area (Å²) in [7, 11) is -1.41. The highest BCUT2D eigenvalue weighted by Crippen LogP contribution is 1.88. The quantitative estimate of drug-likeness (QED) is 0.371. The summed E-state index contributed by atoms with van der Waals surface area (Å²) >= 11 is 0. The number of rotatable bonds is 1. The summed E-state index contributed by atoms with van der Waals surface area (Å²) in [5.74, 6) is 0.799. The first-order valence-corrected chi connectivity index (χ1v) is 4.52. The van der Waals surface area contributed by atoms with Crippen LogP contribution in [0.1, 0.15) is 6.92 Å². The Kier molecular flexibility index (Phi) is 5.90.